The molecule has 0 saturated carbocycles. The molecule has 4 N–H and O–H groups in total. The number of likely N-dealkylation sites (tertiary alicyclic amines) is 1. The third kappa shape index (κ3) is 6.52. The first-order chi connectivity index (χ1) is 12.9. The molecule has 7 nitrogen and oxygen atoms in total. The Morgan fingerprint density at radius 1 is 1.30 bits per heavy atom. The third-order valence-electron chi connectivity index (χ3n) is 4.62. The van der Waals surface area contributed by atoms with Crippen LogP contribution >= 0.6 is 11.6 Å². The van der Waals surface area contributed by atoms with Gasteiger partial charge < -0.3 is 21.3 Å². The van der Waals surface area contributed by atoms with E-state index in [1.807, 2.05) is 0 Å². The summed E-state index contributed by atoms with van der Waals surface area (Å²) in [5.41, 5.74) is 6.24. The lowest BCUT2D eigenvalue weighted by atomic mass is 9.96. The van der Waals surface area contributed by atoms with Gasteiger partial charge in [0.1, 0.15) is 0 Å². The van der Waals surface area contributed by atoms with Gasteiger partial charge in [-0.3, -0.25) is 14.4 Å². The SMILES string of the molecule is CC(=O)NC(CC(=O)N1CCCC(C(=O)NCCN)C1)c1ccc(Cl)cc1. The molecule has 8 heteroatoms. The van der Waals surface area contributed by atoms with E-state index in [1.165, 1.54) is 6.92 Å². The minimum atomic E-state index is -0.432. The summed E-state index contributed by atoms with van der Waals surface area (Å²) in [6.07, 6.45) is 1.67. The minimum Gasteiger partial charge on any atom is -0.355 e. The van der Waals surface area contributed by atoms with Crippen molar-refractivity contribution in [2.75, 3.05) is 26.2 Å². The normalized spacial score (nSPS) is 17.9. The Bertz CT molecular complexity index is 665. The predicted molar refractivity (Wildman–Crippen MR) is 104 cm³/mol. The van der Waals surface area contributed by atoms with Gasteiger partial charge in [-0.05, 0) is 30.5 Å². The number of hydrogen-bond donors (Lipinski definition) is 3. The monoisotopic (exact) mass is 394 g/mol. The average Bonchev–Trinajstić information content (AvgIpc) is 2.66. The maximum absolute atomic E-state index is 12.8. The third-order valence-corrected chi connectivity index (χ3v) is 4.87. The molecular formula is C19H27ClN4O3. The van der Waals surface area contributed by atoms with Crippen molar-refractivity contribution < 1.29 is 14.4 Å². The molecule has 148 valence electrons. The zero-order valence-electron chi connectivity index (χ0n) is 15.5. The highest BCUT2D eigenvalue weighted by Gasteiger charge is 2.29. The number of rotatable bonds is 7. The van der Waals surface area contributed by atoms with E-state index in [4.69, 9.17) is 17.3 Å². The highest BCUT2D eigenvalue weighted by molar-refractivity contribution is 6.30. The van der Waals surface area contributed by atoms with Gasteiger partial charge in [0.15, 0.2) is 0 Å². The minimum absolute atomic E-state index is 0.0611. The second-order valence-corrected chi connectivity index (χ2v) is 7.20. The number of piperidine rings is 1. The average molecular weight is 395 g/mol. The molecule has 0 bridgehead atoms. The number of halogens is 1. The molecule has 2 unspecified atom stereocenters. The first-order valence-corrected chi connectivity index (χ1v) is 9.56. The van der Waals surface area contributed by atoms with Gasteiger partial charge >= 0.3 is 0 Å². The van der Waals surface area contributed by atoms with Crippen LogP contribution in [0.2, 0.25) is 5.02 Å². The summed E-state index contributed by atoms with van der Waals surface area (Å²) in [6.45, 7) is 3.26. The molecule has 1 fully saturated rings. The summed E-state index contributed by atoms with van der Waals surface area (Å²) >= 11 is 5.92. The van der Waals surface area contributed by atoms with E-state index in [-0.39, 0.29) is 30.1 Å². The Hall–Kier alpha value is -2.12. The molecule has 0 radical (unpaired) electrons. The maximum Gasteiger partial charge on any atom is 0.225 e. The Balaban J connectivity index is 2.02. The second-order valence-electron chi connectivity index (χ2n) is 6.77. The molecule has 1 saturated heterocycles. The Kier molecular flexibility index (Phi) is 8.06. The van der Waals surface area contributed by atoms with Gasteiger partial charge in [0.2, 0.25) is 17.7 Å². The second kappa shape index (κ2) is 10.3. The van der Waals surface area contributed by atoms with E-state index in [0.29, 0.717) is 31.2 Å². The molecule has 1 aromatic rings. The van der Waals surface area contributed by atoms with E-state index < -0.39 is 6.04 Å². The zero-order valence-corrected chi connectivity index (χ0v) is 16.3. The van der Waals surface area contributed by atoms with Gasteiger partial charge in [0, 0.05) is 38.1 Å². The zero-order chi connectivity index (χ0) is 19.8. The summed E-state index contributed by atoms with van der Waals surface area (Å²) in [6, 6.07) is 6.63. The molecule has 1 aliphatic rings. The lowest BCUT2D eigenvalue weighted by Gasteiger charge is -2.33. The molecule has 2 atom stereocenters. The van der Waals surface area contributed by atoms with E-state index in [0.717, 1.165) is 18.4 Å². The fourth-order valence-corrected chi connectivity index (χ4v) is 3.38. The van der Waals surface area contributed by atoms with Crippen LogP contribution < -0.4 is 16.4 Å². The lowest BCUT2D eigenvalue weighted by molar-refractivity contribution is -0.136. The van der Waals surface area contributed by atoms with Gasteiger partial charge in [-0.15, -0.1) is 0 Å². The van der Waals surface area contributed by atoms with Crippen molar-refractivity contribution in [1.29, 1.82) is 0 Å². The number of hydrogen-bond acceptors (Lipinski definition) is 4. The first kappa shape index (κ1) is 21.2. The number of carbonyl (C=O) groups is 3. The summed E-state index contributed by atoms with van der Waals surface area (Å²) < 4.78 is 0. The summed E-state index contributed by atoms with van der Waals surface area (Å²) in [4.78, 5) is 38.3. The van der Waals surface area contributed by atoms with Crippen molar-refractivity contribution >= 4 is 29.3 Å². The molecule has 3 amide bonds. The van der Waals surface area contributed by atoms with Gasteiger partial charge in [-0.1, -0.05) is 23.7 Å². The quantitative estimate of drug-likeness (QED) is 0.646. The number of carbonyl (C=O) groups excluding carboxylic acids is 3. The van der Waals surface area contributed by atoms with Crippen molar-refractivity contribution in [1.82, 2.24) is 15.5 Å². The van der Waals surface area contributed by atoms with Crippen LogP contribution in [0.4, 0.5) is 0 Å². The van der Waals surface area contributed by atoms with Gasteiger partial charge in [-0.2, -0.15) is 0 Å². The summed E-state index contributed by atoms with van der Waals surface area (Å²) in [5, 5.41) is 6.20. The van der Waals surface area contributed by atoms with Crippen molar-refractivity contribution in [3.8, 4) is 0 Å². The lowest BCUT2D eigenvalue weighted by Crippen LogP contribution is -2.47. The fourth-order valence-electron chi connectivity index (χ4n) is 3.25. The van der Waals surface area contributed by atoms with Crippen LogP contribution in [0.1, 0.15) is 37.8 Å². The fraction of sp³-hybridized carbons (Fsp3) is 0.526. The highest BCUT2D eigenvalue weighted by atomic mass is 35.5. The molecule has 1 aliphatic heterocycles. The number of nitrogens with one attached hydrogen (secondary N) is 2. The van der Waals surface area contributed by atoms with E-state index >= 15 is 0 Å². The van der Waals surface area contributed by atoms with Gasteiger partial charge in [0.05, 0.1) is 18.4 Å². The molecule has 1 aromatic carbocycles. The van der Waals surface area contributed by atoms with Crippen molar-refractivity contribution in [2.24, 2.45) is 11.7 Å². The molecule has 0 aromatic heterocycles. The number of benzene rings is 1. The topological polar surface area (TPSA) is 105 Å². The Labute approximate surface area is 164 Å². The summed E-state index contributed by atoms with van der Waals surface area (Å²) in [5.74, 6) is -0.571. The number of amides is 3. The van der Waals surface area contributed by atoms with Crippen LogP contribution in [-0.2, 0) is 14.4 Å². The van der Waals surface area contributed by atoms with Crippen molar-refractivity contribution in [2.45, 2.75) is 32.2 Å². The van der Waals surface area contributed by atoms with Crippen molar-refractivity contribution in [3.05, 3.63) is 34.9 Å². The molecular weight excluding hydrogens is 368 g/mol. The molecule has 0 aliphatic carbocycles. The van der Waals surface area contributed by atoms with Crippen LogP contribution in [0.5, 0.6) is 0 Å². The van der Waals surface area contributed by atoms with Crippen LogP contribution in [0, 0.1) is 5.92 Å². The van der Waals surface area contributed by atoms with Crippen LogP contribution in [0.15, 0.2) is 24.3 Å². The van der Waals surface area contributed by atoms with Crippen molar-refractivity contribution in [3.63, 3.8) is 0 Å². The van der Waals surface area contributed by atoms with Gasteiger partial charge in [0.25, 0.3) is 0 Å². The largest absolute Gasteiger partial charge is 0.355 e. The van der Waals surface area contributed by atoms with E-state index in [2.05, 4.69) is 10.6 Å². The molecule has 2 rings (SSSR count). The smallest absolute Gasteiger partial charge is 0.225 e. The molecule has 27 heavy (non-hydrogen) atoms. The van der Waals surface area contributed by atoms with E-state index in [1.54, 1.807) is 29.2 Å². The predicted octanol–water partition coefficient (Wildman–Crippen LogP) is 1.22. The van der Waals surface area contributed by atoms with Crippen LogP contribution in [0.3, 0.4) is 0 Å². The summed E-state index contributed by atoms with van der Waals surface area (Å²) in [7, 11) is 0. The first-order valence-electron chi connectivity index (χ1n) is 9.18. The van der Waals surface area contributed by atoms with Crippen LogP contribution in [0.25, 0.3) is 0 Å². The molecule has 1 heterocycles. The van der Waals surface area contributed by atoms with E-state index in [9.17, 15) is 14.4 Å². The Morgan fingerprint density at radius 2 is 2.00 bits per heavy atom. The number of nitrogens with two attached hydrogens (primary N) is 1. The molecule has 0 spiro atoms. The van der Waals surface area contributed by atoms with Gasteiger partial charge in [-0.25, -0.2) is 0 Å². The highest BCUT2D eigenvalue weighted by Crippen LogP contribution is 2.23. The van der Waals surface area contributed by atoms with Crippen LogP contribution in [-0.4, -0.2) is 48.8 Å². The standard InChI is InChI=1S/C19H27ClN4O3/c1-13(25)23-17(14-4-6-16(20)7-5-14)11-18(26)24-10-2-3-15(12-24)19(27)22-9-8-21/h4-7,15,17H,2-3,8-12,21H2,1H3,(H,22,27)(H,23,25). The number of nitrogens with zero attached hydrogens (tertiary/aromatic N) is 1. The Morgan fingerprint density at radius 3 is 2.63 bits per heavy atom. The maximum atomic E-state index is 12.8.